The highest BCUT2D eigenvalue weighted by atomic mass is 16.5. The second-order valence-electron chi connectivity index (χ2n) is 12.1. The second-order valence-corrected chi connectivity index (χ2v) is 12.1. The average Bonchev–Trinajstić information content (AvgIpc) is 2.93. The lowest BCUT2D eigenvalue weighted by Crippen LogP contribution is -2.43. The Morgan fingerprint density at radius 2 is 1.44 bits per heavy atom. The van der Waals surface area contributed by atoms with Crippen LogP contribution in [0.3, 0.4) is 0 Å². The van der Waals surface area contributed by atoms with E-state index in [0.717, 1.165) is 75.1 Å². The number of likely N-dealkylation sites (N-methyl/N-ethyl adjacent to an activating group) is 1. The lowest BCUT2D eigenvalue weighted by molar-refractivity contribution is -0.0619. The van der Waals surface area contributed by atoms with Crippen LogP contribution in [0.15, 0.2) is 48.5 Å². The lowest BCUT2D eigenvalue weighted by Gasteiger charge is -2.41. The fourth-order valence-corrected chi connectivity index (χ4v) is 6.48. The van der Waals surface area contributed by atoms with Gasteiger partial charge in [0.2, 0.25) is 0 Å². The number of nitrogens with zero attached hydrogens (tertiary/aromatic N) is 2. The van der Waals surface area contributed by atoms with Crippen molar-refractivity contribution >= 4 is 0 Å². The van der Waals surface area contributed by atoms with Crippen LogP contribution in [-0.2, 0) is 5.60 Å². The summed E-state index contributed by atoms with van der Waals surface area (Å²) in [5, 5.41) is 22.3. The van der Waals surface area contributed by atoms with Gasteiger partial charge in [0.15, 0.2) is 0 Å². The number of rotatable bonds is 9. The Balaban J connectivity index is 0.000000216. The van der Waals surface area contributed by atoms with Crippen molar-refractivity contribution in [3.63, 3.8) is 0 Å². The summed E-state index contributed by atoms with van der Waals surface area (Å²) in [6, 6.07) is 16.1. The van der Waals surface area contributed by atoms with Crippen molar-refractivity contribution < 1.29 is 19.7 Å². The summed E-state index contributed by atoms with van der Waals surface area (Å²) in [5.74, 6) is 2.15. The zero-order valence-corrected chi connectivity index (χ0v) is 25.2. The van der Waals surface area contributed by atoms with Crippen LogP contribution < -0.4 is 9.47 Å². The van der Waals surface area contributed by atoms with Gasteiger partial charge in [0.1, 0.15) is 11.5 Å². The maximum Gasteiger partial charge on any atom is 0.119 e. The van der Waals surface area contributed by atoms with Crippen molar-refractivity contribution in [2.24, 2.45) is 5.92 Å². The number of ether oxygens (including phenoxy) is 2. The summed E-state index contributed by atoms with van der Waals surface area (Å²) in [6.07, 6.45) is 9.59. The van der Waals surface area contributed by atoms with Gasteiger partial charge in [-0.3, -0.25) is 0 Å². The van der Waals surface area contributed by atoms with Crippen LogP contribution in [0.4, 0.5) is 0 Å². The van der Waals surface area contributed by atoms with Gasteiger partial charge in [-0.2, -0.15) is 0 Å². The second kappa shape index (κ2) is 14.5. The van der Waals surface area contributed by atoms with Gasteiger partial charge in [-0.05, 0) is 89.3 Å². The smallest absolute Gasteiger partial charge is 0.119 e. The van der Waals surface area contributed by atoms with E-state index in [4.69, 9.17) is 9.47 Å². The molecule has 6 heteroatoms. The van der Waals surface area contributed by atoms with Gasteiger partial charge in [-0.15, -0.1) is 0 Å². The first-order valence-corrected chi connectivity index (χ1v) is 14.6. The van der Waals surface area contributed by atoms with Gasteiger partial charge >= 0.3 is 0 Å². The minimum Gasteiger partial charge on any atom is -0.497 e. The van der Waals surface area contributed by atoms with Crippen LogP contribution in [0, 0.1) is 5.92 Å². The van der Waals surface area contributed by atoms with Crippen molar-refractivity contribution in [1.29, 1.82) is 0 Å². The Morgan fingerprint density at radius 1 is 0.795 bits per heavy atom. The van der Waals surface area contributed by atoms with Crippen molar-refractivity contribution in [2.45, 2.75) is 74.9 Å². The summed E-state index contributed by atoms with van der Waals surface area (Å²) >= 11 is 0. The first kappa shape index (κ1) is 31.4. The van der Waals surface area contributed by atoms with Gasteiger partial charge in [0.05, 0.1) is 25.4 Å². The van der Waals surface area contributed by atoms with E-state index in [2.05, 4.69) is 50.1 Å². The van der Waals surface area contributed by atoms with Crippen LogP contribution >= 0.6 is 0 Å². The molecule has 0 radical (unpaired) electrons. The third kappa shape index (κ3) is 8.43. The van der Waals surface area contributed by atoms with E-state index in [0.29, 0.717) is 5.92 Å². The Hall–Kier alpha value is -2.12. The molecule has 0 spiro atoms. The molecule has 0 amide bonds. The summed E-state index contributed by atoms with van der Waals surface area (Å²) in [5.41, 5.74) is 0.941. The van der Waals surface area contributed by atoms with Crippen molar-refractivity contribution in [3.05, 3.63) is 59.7 Å². The minimum absolute atomic E-state index is 0.170. The Labute approximate surface area is 236 Å². The molecule has 0 bridgehead atoms. The van der Waals surface area contributed by atoms with Crippen LogP contribution in [-0.4, -0.2) is 81.1 Å². The van der Waals surface area contributed by atoms with Crippen molar-refractivity contribution in [3.8, 4) is 11.5 Å². The quantitative estimate of drug-likeness (QED) is 0.427. The van der Waals surface area contributed by atoms with Gasteiger partial charge in [0, 0.05) is 24.9 Å². The monoisotopic (exact) mass is 540 g/mol. The number of methoxy groups -OCH3 is 2. The van der Waals surface area contributed by atoms with E-state index in [1.54, 1.807) is 14.2 Å². The highest BCUT2D eigenvalue weighted by Crippen LogP contribution is 2.43. The maximum atomic E-state index is 11.2. The van der Waals surface area contributed by atoms with Crippen molar-refractivity contribution in [1.82, 2.24) is 9.80 Å². The zero-order valence-electron chi connectivity index (χ0n) is 25.2. The molecule has 0 heterocycles. The van der Waals surface area contributed by atoms with Crippen LogP contribution in [0.2, 0.25) is 0 Å². The fourth-order valence-electron chi connectivity index (χ4n) is 6.48. The van der Waals surface area contributed by atoms with Crippen LogP contribution in [0.1, 0.15) is 74.8 Å². The van der Waals surface area contributed by atoms with Gasteiger partial charge < -0.3 is 29.5 Å². The molecule has 2 aliphatic carbocycles. The van der Waals surface area contributed by atoms with Crippen molar-refractivity contribution in [2.75, 3.05) is 55.5 Å². The molecule has 2 fully saturated rings. The summed E-state index contributed by atoms with van der Waals surface area (Å²) < 4.78 is 10.5. The van der Waals surface area contributed by atoms with Gasteiger partial charge in [-0.1, -0.05) is 56.4 Å². The molecule has 2 aliphatic rings. The minimum atomic E-state index is -0.711. The number of aliphatic hydroxyl groups is 2. The summed E-state index contributed by atoms with van der Waals surface area (Å²) in [4.78, 5) is 4.34. The molecule has 4 rings (SSSR count). The topological polar surface area (TPSA) is 65.4 Å². The molecule has 39 heavy (non-hydrogen) atoms. The molecular weight excluding hydrogens is 488 g/mol. The standard InChI is InChI=1S/C17H27NO2.C16H25NO2/c1-18(2)13-16(17(19)11-5-4-6-12-17)14-7-9-15(20-3)10-8-14;1-17(2)12-14-7-4-5-10-16(14,18)13-8-6-9-15(11-13)19-3/h7-10,16,19H,4-6,11-13H2,1-3H3;6,8-9,11,14,18H,4-5,7,10,12H2,1-3H3/t;14-,16+/m.1/s1. The van der Waals surface area contributed by atoms with Crippen LogP contribution in [0.5, 0.6) is 11.5 Å². The zero-order chi connectivity index (χ0) is 28.5. The highest BCUT2D eigenvalue weighted by Gasteiger charge is 2.41. The predicted octanol–water partition coefficient (Wildman–Crippen LogP) is 5.67. The molecule has 2 saturated carbocycles. The molecule has 2 aromatic rings. The first-order valence-electron chi connectivity index (χ1n) is 14.6. The van der Waals surface area contributed by atoms with E-state index in [9.17, 15) is 10.2 Å². The average molecular weight is 541 g/mol. The number of hydrogen-bond donors (Lipinski definition) is 2. The Bertz CT molecular complexity index is 987. The third-order valence-electron chi connectivity index (χ3n) is 8.62. The lowest BCUT2D eigenvalue weighted by atomic mass is 9.71. The summed E-state index contributed by atoms with van der Waals surface area (Å²) in [6.45, 7) is 1.80. The molecule has 0 aromatic heterocycles. The SMILES string of the molecule is COc1ccc(C(CN(C)C)C2(O)CCCCC2)cc1.COc1cccc([C@@]2(O)CCCC[C@@H]2CN(C)C)c1. The molecule has 218 valence electrons. The summed E-state index contributed by atoms with van der Waals surface area (Å²) in [7, 11) is 11.6. The number of hydrogen-bond acceptors (Lipinski definition) is 6. The largest absolute Gasteiger partial charge is 0.497 e. The number of benzene rings is 2. The molecular formula is C33H52N2O4. The molecule has 0 saturated heterocycles. The van der Waals surface area contributed by atoms with Gasteiger partial charge in [0.25, 0.3) is 0 Å². The van der Waals surface area contributed by atoms with E-state index >= 15 is 0 Å². The normalized spacial score (nSPS) is 23.6. The van der Waals surface area contributed by atoms with E-state index in [1.165, 1.54) is 18.4 Å². The molecule has 2 N–H and O–H groups in total. The first-order chi connectivity index (χ1) is 18.6. The van der Waals surface area contributed by atoms with Gasteiger partial charge in [-0.25, -0.2) is 0 Å². The van der Waals surface area contributed by atoms with E-state index in [1.807, 2.05) is 36.4 Å². The highest BCUT2D eigenvalue weighted by molar-refractivity contribution is 5.33. The fraction of sp³-hybridized carbons (Fsp3) is 0.636. The van der Waals surface area contributed by atoms with Crippen LogP contribution in [0.25, 0.3) is 0 Å². The molecule has 2 aromatic carbocycles. The molecule has 3 atom stereocenters. The maximum absolute atomic E-state index is 11.2. The molecule has 0 aliphatic heterocycles. The molecule has 1 unspecified atom stereocenters. The Morgan fingerprint density at radius 3 is 2.03 bits per heavy atom. The third-order valence-corrected chi connectivity index (χ3v) is 8.62. The Kier molecular flexibility index (Phi) is 11.7. The van der Waals surface area contributed by atoms with E-state index in [-0.39, 0.29) is 5.92 Å². The molecule has 6 nitrogen and oxygen atoms in total. The predicted molar refractivity (Wildman–Crippen MR) is 160 cm³/mol. The van der Waals surface area contributed by atoms with E-state index < -0.39 is 11.2 Å².